The van der Waals surface area contributed by atoms with Crippen LogP contribution in [0, 0.1) is 0 Å². The highest BCUT2D eigenvalue weighted by Gasteiger charge is 2.16. The summed E-state index contributed by atoms with van der Waals surface area (Å²) in [6, 6.07) is 6.93. The lowest BCUT2D eigenvalue weighted by Gasteiger charge is -2.30. The van der Waals surface area contributed by atoms with Gasteiger partial charge in [-0.2, -0.15) is 0 Å². The first kappa shape index (κ1) is 16.3. The molecule has 0 bridgehead atoms. The molecule has 0 spiro atoms. The molecule has 1 aliphatic rings. The molecule has 0 saturated carbocycles. The third-order valence-electron chi connectivity index (χ3n) is 3.82. The largest absolute Gasteiger partial charge is 0.313 e. The number of benzene rings is 1. The summed E-state index contributed by atoms with van der Waals surface area (Å²) < 4.78 is 0.971. The second kappa shape index (κ2) is 8.38. The van der Waals surface area contributed by atoms with Gasteiger partial charge in [-0.3, -0.25) is 4.90 Å². The summed E-state index contributed by atoms with van der Waals surface area (Å²) in [5, 5.41) is 4.44. The van der Waals surface area contributed by atoms with Crippen LogP contribution >= 0.6 is 27.5 Å². The zero-order valence-electron chi connectivity index (χ0n) is 12.2. The van der Waals surface area contributed by atoms with Crippen molar-refractivity contribution >= 4 is 27.5 Å². The van der Waals surface area contributed by atoms with Crippen molar-refractivity contribution in [1.82, 2.24) is 10.2 Å². The minimum atomic E-state index is 0.654. The monoisotopic (exact) mass is 358 g/mol. The first-order valence-electron chi connectivity index (χ1n) is 7.58. The Bertz CT molecular complexity index is 419. The zero-order valence-corrected chi connectivity index (χ0v) is 14.5. The lowest BCUT2D eigenvalue weighted by Crippen LogP contribution is -2.43. The third kappa shape index (κ3) is 5.03. The van der Waals surface area contributed by atoms with Crippen molar-refractivity contribution in [2.75, 3.05) is 19.6 Å². The van der Waals surface area contributed by atoms with Crippen LogP contribution in [0.3, 0.4) is 0 Å². The topological polar surface area (TPSA) is 15.3 Å². The number of hydrogen-bond acceptors (Lipinski definition) is 2. The standard InChI is InChI=1S/C16H24BrClN2/c1-2-9-20(12-14-5-3-4-8-19-14)11-13-6-7-15(17)16(18)10-13/h6-7,10,14,19H,2-5,8-9,11-12H2,1H3. The summed E-state index contributed by atoms with van der Waals surface area (Å²) in [5.74, 6) is 0. The molecule has 1 atom stereocenters. The fourth-order valence-corrected chi connectivity index (χ4v) is 3.29. The van der Waals surface area contributed by atoms with Crippen LogP contribution in [-0.4, -0.2) is 30.6 Å². The van der Waals surface area contributed by atoms with Crippen LogP contribution in [0.5, 0.6) is 0 Å². The van der Waals surface area contributed by atoms with E-state index >= 15 is 0 Å². The Labute approximate surface area is 136 Å². The van der Waals surface area contributed by atoms with Crippen molar-refractivity contribution in [2.45, 2.75) is 45.2 Å². The number of piperidine rings is 1. The highest BCUT2D eigenvalue weighted by molar-refractivity contribution is 9.10. The molecule has 1 aliphatic heterocycles. The molecule has 1 aromatic rings. The minimum absolute atomic E-state index is 0.654. The number of rotatable bonds is 6. The first-order valence-corrected chi connectivity index (χ1v) is 8.76. The van der Waals surface area contributed by atoms with Gasteiger partial charge in [-0.25, -0.2) is 0 Å². The zero-order chi connectivity index (χ0) is 14.4. The molecule has 4 heteroatoms. The van der Waals surface area contributed by atoms with E-state index in [0.717, 1.165) is 29.1 Å². The Kier molecular flexibility index (Phi) is 6.82. The van der Waals surface area contributed by atoms with Gasteiger partial charge in [0.25, 0.3) is 0 Å². The van der Waals surface area contributed by atoms with Gasteiger partial charge in [-0.1, -0.05) is 31.0 Å². The van der Waals surface area contributed by atoms with Crippen LogP contribution in [0.15, 0.2) is 22.7 Å². The molecule has 0 amide bonds. The molecule has 0 aliphatic carbocycles. The molecule has 2 rings (SSSR count). The summed E-state index contributed by atoms with van der Waals surface area (Å²) in [6.07, 6.45) is 5.19. The van der Waals surface area contributed by atoms with Gasteiger partial charge in [0.15, 0.2) is 0 Å². The molecule has 2 nitrogen and oxygen atoms in total. The van der Waals surface area contributed by atoms with E-state index in [1.807, 2.05) is 6.07 Å². The van der Waals surface area contributed by atoms with E-state index in [9.17, 15) is 0 Å². The predicted molar refractivity (Wildman–Crippen MR) is 90.4 cm³/mol. The molecular formula is C16H24BrClN2. The fraction of sp³-hybridized carbons (Fsp3) is 0.625. The molecule has 1 unspecified atom stereocenters. The Morgan fingerprint density at radius 3 is 2.90 bits per heavy atom. The molecule has 0 aromatic heterocycles. The molecule has 0 radical (unpaired) electrons. The molecule has 1 saturated heterocycles. The average Bonchev–Trinajstić information content (AvgIpc) is 2.44. The van der Waals surface area contributed by atoms with E-state index in [4.69, 9.17) is 11.6 Å². The molecule has 20 heavy (non-hydrogen) atoms. The Balaban J connectivity index is 1.94. The van der Waals surface area contributed by atoms with E-state index in [2.05, 4.69) is 45.2 Å². The molecule has 1 fully saturated rings. The average molecular weight is 360 g/mol. The molecule has 112 valence electrons. The van der Waals surface area contributed by atoms with E-state index in [0.29, 0.717) is 6.04 Å². The minimum Gasteiger partial charge on any atom is -0.313 e. The van der Waals surface area contributed by atoms with Crippen molar-refractivity contribution in [2.24, 2.45) is 0 Å². The number of halogens is 2. The molecule has 1 heterocycles. The van der Waals surface area contributed by atoms with E-state index < -0.39 is 0 Å². The fourth-order valence-electron chi connectivity index (χ4n) is 2.84. The molecular weight excluding hydrogens is 336 g/mol. The summed E-state index contributed by atoms with van der Waals surface area (Å²) in [6.45, 7) is 6.69. The number of nitrogens with zero attached hydrogens (tertiary/aromatic N) is 1. The highest BCUT2D eigenvalue weighted by atomic mass is 79.9. The normalized spacial score (nSPS) is 19.5. The Hall–Kier alpha value is -0.0900. The smallest absolute Gasteiger partial charge is 0.0551 e. The van der Waals surface area contributed by atoms with E-state index in [1.165, 1.54) is 37.8 Å². The van der Waals surface area contributed by atoms with Gasteiger partial charge in [-0.15, -0.1) is 0 Å². The van der Waals surface area contributed by atoms with Gasteiger partial charge < -0.3 is 5.32 Å². The van der Waals surface area contributed by atoms with Crippen molar-refractivity contribution in [3.05, 3.63) is 33.3 Å². The maximum atomic E-state index is 6.19. The second-order valence-corrected chi connectivity index (χ2v) is 6.89. The number of hydrogen-bond donors (Lipinski definition) is 1. The van der Waals surface area contributed by atoms with Crippen molar-refractivity contribution in [3.8, 4) is 0 Å². The van der Waals surface area contributed by atoms with E-state index in [-0.39, 0.29) is 0 Å². The van der Waals surface area contributed by atoms with Crippen LogP contribution in [0.1, 0.15) is 38.2 Å². The third-order valence-corrected chi connectivity index (χ3v) is 5.05. The number of nitrogens with one attached hydrogen (secondary N) is 1. The predicted octanol–water partition coefficient (Wildman–Crippen LogP) is 4.46. The van der Waals surface area contributed by atoms with Crippen molar-refractivity contribution in [3.63, 3.8) is 0 Å². The van der Waals surface area contributed by atoms with Gasteiger partial charge in [0.1, 0.15) is 0 Å². The molecule has 1 aromatic carbocycles. The van der Waals surface area contributed by atoms with Crippen molar-refractivity contribution in [1.29, 1.82) is 0 Å². The van der Waals surface area contributed by atoms with Crippen LogP contribution in [0.4, 0.5) is 0 Å². The van der Waals surface area contributed by atoms with Gasteiger partial charge in [0.05, 0.1) is 5.02 Å². The van der Waals surface area contributed by atoms with Gasteiger partial charge >= 0.3 is 0 Å². The van der Waals surface area contributed by atoms with Gasteiger partial charge in [0, 0.05) is 23.6 Å². The maximum absolute atomic E-state index is 6.19. The highest BCUT2D eigenvalue weighted by Crippen LogP contribution is 2.24. The summed E-state index contributed by atoms with van der Waals surface area (Å²) in [7, 11) is 0. The Morgan fingerprint density at radius 2 is 2.25 bits per heavy atom. The SMILES string of the molecule is CCCN(Cc1ccc(Br)c(Cl)c1)CC1CCCCN1. The van der Waals surface area contributed by atoms with Crippen LogP contribution in [-0.2, 0) is 6.54 Å². The summed E-state index contributed by atoms with van der Waals surface area (Å²) in [4.78, 5) is 2.54. The quantitative estimate of drug-likeness (QED) is 0.807. The van der Waals surface area contributed by atoms with E-state index in [1.54, 1.807) is 0 Å². The van der Waals surface area contributed by atoms with Crippen LogP contribution < -0.4 is 5.32 Å². The summed E-state index contributed by atoms with van der Waals surface area (Å²) in [5.41, 5.74) is 1.29. The Morgan fingerprint density at radius 1 is 1.40 bits per heavy atom. The maximum Gasteiger partial charge on any atom is 0.0551 e. The van der Waals surface area contributed by atoms with Crippen molar-refractivity contribution < 1.29 is 0 Å². The van der Waals surface area contributed by atoms with Gasteiger partial charge in [-0.05, 0) is 66.0 Å². The second-order valence-electron chi connectivity index (χ2n) is 5.63. The first-order chi connectivity index (χ1) is 9.69. The molecule has 1 N–H and O–H groups in total. The van der Waals surface area contributed by atoms with Crippen LogP contribution in [0.25, 0.3) is 0 Å². The lowest BCUT2D eigenvalue weighted by atomic mass is 10.0. The van der Waals surface area contributed by atoms with Crippen LogP contribution in [0.2, 0.25) is 5.02 Å². The lowest BCUT2D eigenvalue weighted by molar-refractivity contribution is 0.217. The summed E-state index contributed by atoms with van der Waals surface area (Å²) >= 11 is 9.64. The van der Waals surface area contributed by atoms with Gasteiger partial charge in [0.2, 0.25) is 0 Å².